The zero-order valence-corrected chi connectivity index (χ0v) is 7.70. The number of carbonyl (C=O) groups is 1. The standard InChI is InChI=1S/C8H13N3O2/c1-3-6(2)10-7(12)11-8-9-4-5-13-8/h4-6H,3H2,1-2H3,(H2,9,10,11,12). The average Bonchev–Trinajstić information content (AvgIpc) is 2.56. The van der Waals surface area contributed by atoms with Gasteiger partial charge in [-0.2, -0.15) is 0 Å². The Hall–Kier alpha value is -1.52. The highest BCUT2D eigenvalue weighted by Gasteiger charge is 2.06. The highest BCUT2D eigenvalue weighted by atomic mass is 16.4. The molecular formula is C8H13N3O2. The third-order valence-electron chi connectivity index (χ3n) is 1.64. The molecule has 0 spiro atoms. The van der Waals surface area contributed by atoms with Gasteiger partial charge in [0.1, 0.15) is 6.26 Å². The summed E-state index contributed by atoms with van der Waals surface area (Å²) in [5.41, 5.74) is 0. The summed E-state index contributed by atoms with van der Waals surface area (Å²) in [6.07, 6.45) is 3.76. The summed E-state index contributed by atoms with van der Waals surface area (Å²) < 4.78 is 4.84. The van der Waals surface area contributed by atoms with E-state index < -0.39 is 0 Å². The summed E-state index contributed by atoms with van der Waals surface area (Å²) in [6.45, 7) is 3.92. The fourth-order valence-electron chi connectivity index (χ4n) is 0.744. The molecule has 0 aromatic carbocycles. The number of rotatable bonds is 3. The van der Waals surface area contributed by atoms with Crippen molar-refractivity contribution in [3.05, 3.63) is 12.5 Å². The van der Waals surface area contributed by atoms with Gasteiger partial charge in [0.15, 0.2) is 0 Å². The van der Waals surface area contributed by atoms with Crippen molar-refractivity contribution in [3.63, 3.8) is 0 Å². The average molecular weight is 183 g/mol. The van der Waals surface area contributed by atoms with Crippen molar-refractivity contribution >= 4 is 12.0 Å². The smallest absolute Gasteiger partial charge is 0.323 e. The molecule has 2 N–H and O–H groups in total. The third-order valence-corrected chi connectivity index (χ3v) is 1.64. The number of carbonyl (C=O) groups excluding carboxylic acids is 1. The molecule has 0 aliphatic heterocycles. The first kappa shape index (κ1) is 9.57. The minimum atomic E-state index is -0.295. The van der Waals surface area contributed by atoms with Crippen LogP contribution in [0.2, 0.25) is 0 Å². The predicted octanol–water partition coefficient (Wildman–Crippen LogP) is 1.59. The van der Waals surface area contributed by atoms with E-state index >= 15 is 0 Å². The number of anilines is 1. The van der Waals surface area contributed by atoms with Crippen LogP contribution >= 0.6 is 0 Å². The number of nitrogens with zero attached hydrogens (tertiary/aromatic N) is 1. The lowest BCUT2D eigenvalue weighted by atomic mass is 10.3. The number of hydrogen-bond acceptors (Lipinski definition) is 3. The van der Waals surface area contributed by atoms with Crippen LogP contribution in [0.25, 0.3) is 0 Å². The highest BCUT2D eigenvalue weighted by Crippen LogP contribution is 2.00. The monoisotopic (exact) mass is 183 g/mol. The molecule has 5 nitrogen and oxygen atoms in total. The third kappa shape index (κ3) is 3.14. The molecule has 0 radical (unpaired) electrons. The van der Waals surface area contributed by atoms with Crippen LogP contribution in [0.1, 0.15) is 20.3 Å². The minimum absolute atomic E-state index is 0.148. The summed E-state index contributed by atoms with van der Waals surface area (Å²) in [7, 11) is 0. The second-order valence-corrected chi connectivity index (χ2v) is 2.75. The molecule has 0 aliphatic carbocycles. The molecule has 1 atom stereocenters. The Bertz CT molecular complexity index is 258. The number of amides is 2. The van der Waals surface area contributed by atoms with E-state index in [0.717, 1.165) is 6.42 Å². The summed E-state index contributed by atoms with van der Waals surface area (Å²) in [5.74, 6) is 0. The summed E-state index contributed by atoms with van der Waals surface area (Å²) in [5, 5.41) is 5.18. The molecule has 2 amide bonds. The van der Waals surface area contributed by atoms with Gasteiger partial charge in [0, 0.05) is 6.04 Å². The lowest BCUT2D eigenvalue weighted by molar-refractivity contribution is 0.248. The van der Waals surface area contributed by atoms with Crippen molar-refractivity contribution in [1.82, 2.24) is 10.3 Å². The van der Waals surface area contributed by atoms with E-state index in [1.54, 1.807) is 0 Å². The van der Waals surface area contributed by atoms with Gasteiger partial charge in [-0.15, -0.1) is 0 Å². The summed E-state index contributed by atoms with van der Waals surface area (Å²) in [4.78, 5) is 14.9. The van der Waals surface area contributed by atoms with Crippen LogP contribution < -0.4 is 10.6 Å². The molecule has 5 heteroatoms. The van der Waals surface area contributed by atoms with Gasteiger partial charge in [-0.25, -0.2) is 9.78 Å². The molecule has 1 aromatic heterocycles. The van der Waals surface area contributed by atoms with Gasteiger partial charge in [-0.3, -0.25) is 5.32 Å². The molecule has 1 unspecified atom stereocenters. The van der Waals surface area contributed by atoms with Gasteiger partial charge in [0.25, 0.3) is 0 Å². The number of urea groups is 1. The number of hydrogen-bond donors (Lipinski definition) is 2. The molecule has 13 heavy (non-hydrogen) atoms. The first-order valence-corrected chi connectivity index (χ1v) is 4.19. The van der Waals surface area contributed by atoms with Crippen LogP contribution in [0.5, 0.6) is 0 Å². The van der Waals surface area contributed by atoms with Gasteiger partial charge in [-0.05, 0) is 13.3 Å². The van der Waals surface area contributed by atoms with Crippen LogP contribution in [0.15, 0.2) is 16.9 Å². The molecule has 0 fully saturated rings. The second kappa shape index (κ2) is 4.49. The Morgan fingerprint density at radius 2 is 2.54 bits per heavy atom. The molecular weight excluding hydrogens is 170 g/mol. The van der Waals surface area contributed by atoms with E-state index in [-0.39, 0.29) is 18.1 Å². The van der Waals surface area contributed by atoms with Gasteiger partial charge in [-0.1, -0.05) is 6.92 Å². The zero-order chi connectivity index (χ0) is 9.68. The zero-order valence-electron chi connectivity index (χ0n) is 7.70. The molecule has 0 saturated heterocycles. The molecule has 72 valence electrons. The summed E-state index contributed by atoms with van der Waals surface area (Å²) in [6, 6.07) is 0.0626. The molecule has 1 aromatic rings. The Kier molecular flexibility index (Phi) is 3.31. The molecule has 1 rings (SSSR count). The maximum absolute atomic E-state index is 11.2. The van der Waals surface area contributed by atoms with E-state index in [2.05, 4.69) is 15.6 Å². The van der Waals surface area contributed by atoms with Gasteiger partial charge in [0.2, 0.25) is 0 Å². The van der Waals surface area contributed by atoms with Gasteiger partial charge >= 0.3 is 12.0 Å². The lowest BCUT2D eigenvalue weighted by Gasteiger charge is -2.10. The molecule has 1 heterocycles. The number of aromatic nitrogens is 1. The van der Waals surface area contributed by atoms with Crippen molar-refractivity contribution in [1.29, 1.82) is 0 Å². The van der Waals surface area contributed by atoms with Crippen molar-refractivity contribution in [2.75, 3.05) is 5.32 Å². The highest BCUT2D eigenvalue weighted by molar-refractivity contribution is 5.87. The van der Waals surface area contributed by atoms with E-state index in [9.17, 15) is 4.79 Å². The van der Waals surface area contributed by atoms with Crippen molar-refractivity contribution in [2.24, 2.45) is 0 Å². The lowest BCUT2D eigenvalue weighted by Crippen LogP contribution is -2.35. The molecule has 0 saturated carbocycles. The van der Waals surface area contributed by atoms with E-state index in [0.29, 0.717) is 0 Å². The van der Waals surface area contributed by atoms with Crippen LogP contribution in [0.3, 0.4) is 0 Å². The Labute approximate surface area is 76.5 Å². The van der Waals surface area contributed by atoms with E-state index in [4.69, 9.17) is 4.42 Å². The largest absolute Gasteiger partial charge is 0.432 e. The van der Waals surface area contributed by atoms with Crippen molar-refractivity contribution in [3.8, 4) is 0 Å². The van der Waals surface area contributed by atoms with E-state index in [1.807, 2.05) is 13.8 Å². The van der Waals surface area contributed by atoms with Crippen LogP contribution in [0.4, 0.5) is 10.8 Å². The maximum Gasteiger partial charge on any atom is 0.323 e. The Morgan fingerprint density at radius 3 is 3.08 bits per heavy atom. The number of oxazole rings is 1. The van der Waals surface area contributed by atoms with Crippen LogP contribution in [-0.2, 0) is 0 Å². The fraction of sp³-hybridized carbons (Fsp3) is 0.500. The maximum atomic E-state index is 11.2. The van der Waals surface area contributed by atoms with Crippen LogP contribution in [0, 0.1) is 0 Å². The van der Waals surface area contributed by atoms with Gasteiger partial charge in [0.05, 0.1) is 6.20 Å². The van der Waals surface area contributed by atoms with Crippen molar-refractivity contribution in [2.45, 2.75) is 26.3 Å². The van der Waals surface area contributed by atoms with Crippen molar-refractivity contribution < 1.29 is 9.21 Å². The van der Waals surface area contributed by atoms with Gasteiger partial charge < -0.3 is 9.73 Å². The second-order valence-electron chi connectivity index (χ2n) is 2.75. The molecule has 0 bridgehead atoms. The first-order valence-electron chi connectivity index (χ1n) is 4.19. The fourth-order valence-corrected chi connectivity index (χ4v) is 0.744. The number of nitrogens with one attached hydrogen (secondary N) is 2. The topological polar surface area (TPSA) is 67.2 Å². The Balaban J connectivity index is 2.34. The van der Waals surface area contributed by atoms with Crippen LogP contribution in [-0.4, -0.2) is 17.1 Å². The predicted molar refractivity (Wildman–Crippen MR) is 48.4 cm³/mol. The first-order chi connectivity index (χ1) is 6.22. The molecule has 0 aliphatic rings. The Morgan fingerprint density at radius 1 is 1.77 bits per heavy atom. The van der Waals surface area contributed by atoms with E-state index in [1.165, 1.54) is 12.5 Å². The quantitative estimate of drug-likeness (QED) is 0.747. The normalized spacial score (nSPS) is 12.2. The minimum Gasteiger partial charge on any atom is -0.432 e. The SMILES string of the molecule is CCC(C)NC(=O)Nc1ncco1. The summed E-state index contributed by atoms with van der Waals surface area (Å²) >= 11 is 0.